The van der Waals surface area contributed by atoms with Gasteiger partial charge < -0.3 is 0 Å². The normalized spacial score (nSPS) is 10.7. The summed E-state index contributed by atoms with van der Waals surface area (Å²) in [6, 6.07) is 16.6. The fourth-order valence-electron chi connectivity index (χ4n) is 2.92. The van der Waals surface area contributed by atoms with Gasteiger partial charge >= 0.3 is 0 Å². The average molecular weight is 364 g/mol. The molecule has 0 saturated carbocycles. The Morgan fingerprint density at radius 2 is 1.61 bits per heavy atom. The fraction of sp³-hybridized carbons (Fsp3) is 0.0952. The lowest BCUT2D eigenvalue weighted by Crippen LogP contribution is -2.01. The van der Waals surface area contributed by atoms with Crippen LogP contribution in [-0.4, -0.2) is 4.98 Å². The molecule has 0 saturated heterocycles. The van der Waals surface area contributed by atoms with Gasteiger partial charge in [0.1, 0.15) is 0 Å². The first kappa shape index (κ1) is 15.7. The minimum Gasteiger partial charge on any atom is -0.247 e. The number of hydrogen-bond acceptors (Lipinski definition) is 1. The molecular weight excluding hydrogens is 346 g/mol. The zero-order valence-corrected chi connectivity index (χ0v) is 14.5. The van der Waals surface area contributed by atoms with Crippen LogP contribution in [0.3, 0.4) is 0 Å². The van der Waals surface area contributed by atoms with E-state index < -0.39 is 0 Å². The number of pyridine rings is 1. The first-order chi connectivity index (χ1) is 11.2. The first-order valence-electron chi connectivity index (χ1n) is 7.63. The van der Waals surface area contributed by atoms with E-state index in [-0.39, 0.29) is 0 Å². The Bertz CT molecular complexity index is 866. The number of nitrogens with zero attached hydrogens (tertiary/aromatic N) is 1. The van der Waals surface area contributed by atoms with Crippen LogP contribution in [0.1, 0.15) is 11.1 Å². The molecule has 0 radical (unpaired) electrons. The molecule has 3 aromatic rings. The van der Waals surface area contributed by atoms with E-state index in [0.29, 0.717) is 0 Å². The van der Waals surface area contributed by atoms with E-state index in [0.717, 1.165) is 34.1 Å². The first-order valence-corrected chi connectivity index (χ1v) is 8.42. The Labute approximate surface area is 145 Å². The van der Waals surface area contributed by atoms with E-state index in [1.165, 1.54) is 16.5 Å². The quantitative estimate of drug-likeness (QED) is 0.497. The van der Waals surface area contributed by atoms with Crippen LogP contribution in [0, 0.1) is 0 Å². The van der Waals surface area contributed by atoms with Crippen LogP contribution in [-0.2, 0) is 12.8 Å². The lowest BCUT2D eigenvalue weighted by molar-refractivity contribution is 1.14. The number of halogens is 1. The van der Waals surface area contributed by atoms with Gasteiger partial charge in [0, 0.05) is 15.4 Å². The molecule has 0 bridgehead atoms. The molecule has 3 rings (SSSR count). The highest BCUT2D eigenvalue weighted by atomic mass is 79.9. The van der Waals surface area contributed by atoms with Crippen molar-refractivity contribution in [1.82, 2.24) is 4.98 Å². The van der Waals surface area contributed by atoms with Crippen molar-refractivity contribution in [3.63, 3.8) is 0 Å². The van der Waals surface area contributed by atoms with E-state index in [4.69, 9.17) is 4.98 Å². The van der Waals surface area contributed by atoms with Gasteiger partial charge in [-0.05, 0) is 42.2 Å². The van der Waals surface area contributed by atoms with Crippen molar-refractivity contribution in [3.8, 4) is 11.3 Å². The molecule has 1 heterocycles. The van der Waals surface area contributed by atoms with Crippen LogP contribution < -0.4 is 0 Å². The van der Waals surface area contributed by atoms with Crippen molar-refractivity contribution < 1.29 is 0 Å². The van der Waals surface area contributed by atoms with Crippen molar-refractivity contribution in [2.75, 3.05) is 0 Å². The van der Waals surface area contributed by atoms with Gasteiger partial charge in [-0.2, -0.15) is 0 Å². The molecule has 0 aliphatic rings. The summed E-state index contributed by atoms with van der Waals surface area (Å²) in [6.45, 7) is 7.86. The van der Waals surface area contributed by atoms with Crippen molar-refractivity contribution in [2.45, 2.75) is 12.8 Å². The second-order valence-corrected chi connectivity index (χ2v) is 6.35. The summed E-state index contributed by atoms with van der Waals surface area (Å²) in [6.07, 6.45) is 5.51. The molecular formula is C21H18BrN. The zero-order valence-electron chi connectivity index (χ0n) is 12.9. The maximum Gasteiger partial charge on any atom is 0.0747 e. The SMILES string of the molecule is C=CCc1c(-c2ccccc2)nc2ccc(Br)cc2c1CC=C. The van der Waals surface area contributed by atoms with E-state index in [1.807, 2.05) is 36.4 Å². The monoisotopic (exact) mass is 363 g/mol. The molecule has 0 spiro atoms. The largest absolute Gasteiger partial charge is 0.247 e. The summed E-state index contributed by atoms with van der Waals surface area (Å²) in [5.41, 5.74) is 5.70. The summed E-state index contributed by atoms with van der Waals surface area (Å²) in [5.74, 6) is 0. The van der Waals surface area contributed by atoms with Crippen LogP contribution in [0.25, 0.3) is 22.2 Å². The summed E-state index contributed by atoms with van der Waals surface area (Å²) >= 11 is 3.57. The van der Waals surface area contributed by atoms with Gasteiger partial charge in [0.25, 0.3) is 0 Å². The Morgan fingerprint density at radius 1 is 0.913 bits per heavy atom. The minimum atomic E-state index is 0.794. The van der Waals surface area contributed by atoms with E-state index >= 15 is 0 Å². The Kier molecular flexibility index (Phi) is 4.73. The molecule has 2 aromatic carbocycles. The predicted octanol–water partition coefficient (Wildman–Crippen LogP) is 6.12. The molecule has 0 atom stereocenters. The van der Waals surface area contributed by atoms with Crippen LogP contribution in [0.2, 0.25) is 0 Å². The molecule has 0 N–H and O–H groups in total. The van der Waals surface area contributed by atoms with Gasteiger partial charge in [-0.1, -0.05) is 58.4 Å². The molecule has 114 valence electrons. The summed E-state index contributed by atoms with van der Waals surface area (Å²) in [4.78, 5) is 4.95. The third-order valence-electron chi connectivity index (χ3n) is 3.91. The maximum atomic E-state index is 4.95. The number of benzene rings is 2. The van der Waals surface area contributed by atoms with Crippen molar-refractivity contribution >= 4 is 26.8 Å². The summed E-state index contributed by atoms with van der Waals surface area (Å²) in [7, 11) is 0. The molecule has 0 fully saturated rings. The Balaban J connectivity index is 2.39. The van der Waals surface area contributed by atoms with Crippen LogP contribution >= 0.6 is 15.9 Å². The van der Waals surface area contributed by atoms with E-state index in [2.05, 4.69) is 53.4 Å². The van der Waals surface area contributed by atoms with Gasteiger partial charge in [-0.15, -0.1) is 13.2 Å². The minimum absolute atomic E-state index is 0.794. The van der Waals surface area contributed by atoms with Crippen molar-refractivity contribution in [3.05, 3.63) is 89.4 Å². The average Bonchev–Trinajstić information content (AvgIpc) is 2.58. The highest BCUT2D eigenvalue weighted by Gasteiger charge is 2.15. The number of aromatic nitrogens is 1. The molecule has 0 aliphatic carbocycles. The lowest BCUT2D eigenvalue weighted by atomic mass is 9.93. The zero-order chi connectivity index (χ0) is 16.2. The smallest absolute Gasteiger partial charge is 0.0747 e. The number of fused-ring (bicyclic) bond motifs is 1. The Hall–Kier alpha value is -2.19. The molecule has 23 heavy (non-hydrogen) atoms. The molecule has 1 nitrogen and oxygen atoms in total. The van der Waals surface area contributed by atoms with Gasteiger partial charge in [0.2, 0.25) is 0 Å². The van der Waals surface area contributed by atoms with Gasteiger partial charge in [-0.3, -0.25) is 0 Å². The summed E-state index contributed by atoms with van der Waals surface area (Å²) < 4.78 is 1.06. The standard InChI is InChI=1S/C21H18BrN/c1-3-8-17-18(9-4-2)21(15-10-6-5-7-11-15)23-20-13-12-16(22)14-19(17)20/h3-7,10-14H,1-2,8-9H2. The molecule has 2 heteroatoms. The topological polar surface area (TPSA) is 12.9 Å². The second kappa shape index (κ2) is 6.93. The Morgan fingerprint density at radius 3 is 2.30 bits per heavy atom. The van der Waals surface area contributed by atoms with Crippen molar-refractivity contribution in [2.24, 2.45) is 0 Å². The second-order valence-electron chi connectivity index (χ2n) is 5.43. The van der Waals surface area contributed by atoms with Gasteiger partial charge in [0.15, 0.2) is 0 Å². The molecule has 0 aliphatic heterocycles. The fourth-order valence-corrected chi connectivity index (χ4v) is 3.28. The highest BCUT2D eigenvalue weighted by Crippen LogP contribution is 2.32. The van der Waals surface area contributed by atoms with Crippen LogP contribution in [0.4, 0.5) is 0 Å². The van der Waals surface area contributed by atoms with E-state index in [1.54, 1.807) is 0 Å². The maximum absolute atomic E-state index is 4.95. The number of hydrogen-bond donors (Lipinski definition) is 0. The molecule has 0 amide bonds. The third-order valence-corrected chi connectivity index (χ3v) is 4.40. The summed E-state index contributed by atoms with van der Waals surface area (Å²) in [5, 5.41) is 1.18. The third kappa shape index (κ3) is 3.13. The van der Waals surface area contributed by atoms with Gasteiger partial charge in [-0.25, -0.2) is 4.98 Å². The predicted molar refractivity (Wildman–Crippen MR) is 103 cm³/mol. The molecule has 1 aromatic heterocycles. The van der Waals surface area contributed by atoms with Gasteiger partial charge in [0.05, 0.1) is 11.2 Å². The van der Waals surface area contributed by atoms with E-state index in [9.17, 15) is 0 Å². The van der Waals surface area contributed by atoms with Crippen molar-refractivity contribution in [1.29, 1.82) is 0 Å². The lowest BCUT2D eigenvalue weighted by Gasteiger charge is -2.16. The highest BCUT2D eigenvalue weighted by molar-refractivity contribution is 9.10. The number of rotatable bonds is 5. The van der Waals surface area contributed by atoms with Crippen LogP contribution in [0.15, 0.2) is 78.3 Å². The van der Waals surface area contributed by atoms with Crippen LogP contribution in [0.5, 0.6) is 0 Å². The number of allylic oxidation sites excluding steroid dienone is 2. The molecule has 0 unspecified atom stereocenters.